The van der Waals surface area contributed by atoms with Crippen LogP contribution in [0.15, 0.2) is 30.3 Å². The van der Waals surface area contributed by atoms with E-state index >= 15 is 0 Å². The maximum atomic E-state index is 11.6. The maximum Gasteiger partial charge on any atom is 0.310 e. The molecule has 0 bridgehead atoms. The van der Waals surface area contributed by atoms with Gasteiger partial charge in [0.1, 0.15) is 0 Å². The fraction of sp³-hybridized carbons (Fsp3) is 0.632. The molecule has 2 rings (SSSR count). The third-order valence-corrected chi connectivity index (χ3v) is 5.59. The monoisotopic (exact) mass is 318 g/mol. The Morgan fingerprint density at radius 2 is 2.00 bits per heavy atom. The molecule has 4 nitrogen and oxygen atoms in total. The zero-order valence-corrected chi connectivity index (χ0v) is 14.6. The molecule has 2 unspecified atom stereocenters. The van der Waals surface area contributed by atoms with Gasteiger partial charge in [0.15, 0.2) is 0 Å². The first-order valence-corrected chi connectivity index (χ1v) is 8.78. The summed E-state index contributed by atoms with van der Waals surface area (Å²) >= 11 is 0. The Hall–Kier alpha value is -1.39. The number of aliphatic carboxylic acids is 1. The molecule has 1 heterocycles. The van der Waals surface area contributed by atoms with Crippen LogP contribution >= 0.6 is 0 Å². The van der Waals surface area contributed by atoms with Gasteiger partial charge in [-0.05, 0) is 31.7 Å². The quantitative estimate of drug-likeness (QED) is 0.772. The lowest BCUT2D eigenvalue weighted by molar-refractivity contribution is -0.149. The predicted molar refractivity (Wildman–Crippen MR) is 93.5 cm³/mol. The van der Waals surface area contributed by atoms with Crippen LogP contribution in [0.3, 0.4) is 0 Å². The van der Waals surface area contributed by atoms with Crippen molar-refractivity contribution in [2.45, 2.75) is 52.1 Å². The first kappa shape index (κ1) is 18.0. The first-order valence-electron chi connectivity index (χ1n) is 8.78. The van der Waals surface area contributed by atoms with Crippen LogP contribution < -0.4 is 5.32 Å². The average Bonchev–Trinajstić information content (AvgIpc) is 3.05. The number of hydrogen-bond acceptors (Lipinski definition) is 3. The van der Waals surface area contributed by atoms with Crippen LogP contribution in [0.5, 0.6) is 0 Å². The second kappa shape index (κ2) is 7.93. The number of nitrogens with zero attached hydrogens (tertiary/aromatic N) is 1. The Labute approximate surface area is 139 Å². The molecule has 0 amide bonds. The number of hydrogen-bond donors (Lipinski definition) is 2. The van der Waals surface area contributed by atoms with E-state index in [-0.39, 0.29) is 0 Å². The van der Waals surface area contributed by atoms with Gasteiger partial charge >= 0.3 is 5.97 Å². The molecular formula is C19H30N2O2. The molecule has 2 N–H and O–H groups in total. The van der Waals surface area contributed by atoms with E-state index in [0.29, 0.717) is 31.5 Å². The van der Waals surface area contributed by atoms with Crippen LogP contribution in [-0.2, 0) is 4.79 Å². The van der Waals surface area contributed by atoms with Crippen molar-refractivity contribution in [1.82, 2.24) is 10.2 Å². The van der Waals surface area contributed by atoms with Crippen molar-refractivity contribution in [3.05, 3.63) is 35.9 Å². The topological polar surface area (TPSA) is 52.6 Å². The SMILES string of the molecule is CCC(CC)(CNC1CCN(C(C)c2ccccc2)C1)C(=O)O. The Balaban J connectivity index is 1.89. The van der Waals surface area contributed by atoms with Gasteiger partial charge in [0.05, 0.1) is 5.41 Å². The molecule has 4 heteroatoms. The van der Waals surface area contributed by atoms with Gasteiger partial charge in [0.25, 0.3) is 0 Å². The fourth-order valence-electron chi connectivity index (χ4n) is 3.47. The number of carbonyl (C=O) groups is 1. The minimum Gasteiger partial charge on any atom is -0.481 e. The van der Waals surface area contributed by atoms with Crippen molar-refractivity contribution in [2.24, 2.45) is 5.41 Å². The fourth-order valence-corrected chi connectivity index (χ4v) is 3.47. The molecule has 128 valence electrons. The molecule has 0 spiro atoms. The summed E-state index contributed by atoms with van der Waals surface area (Å²) in [4.78, 5) is 14.1. The summed E-state index contributed by atoms with van der Waals surface area (Å²) in [5.74, 6) is -0.678. The van der Waals surface area contributed by atoms with Gasteiger partial charge < -0.3 is 10.4 Å². The van der Waals surface area contributed by atoms with Gasteiger partial charge in [0, 0.05) is 31.7 Å². The molecule has 1 fully saturated rings. The molecule has 1 aliphatic rings. The van der Waals surface area contributed by atoms with E-state index < -0.39 is 11.4 Å². The van der Waals surface area contributed by atoms with Gasteiger partial charge in [-0.25, -0.2) is 0 Å². The van der Waals surface area contributed by atoms with Gasteiger partial charge in [0.2, 0.25) is 0 Å². The zero-order valence-electron chi connectivity index (χ0n) is 14.6. The second-order valence-corrected chi connectivity index (χ2v) is 6.74. The molecule has 0 aliphatic carbocycles. The Morgan fingerprint density at radius 1 is 1.35 bits per heavy atom. The lowest BCUT2D eigenvalue weighted by Crippen LogP contribution is -2.44. The van der Waals surface area contributed by atoms with Crippen LogP contribution in [0.25, 0.3) is 0 Å². The molecule has 1 aromatic carbocycles. The molecule has 0 saturated carbocycles. The van der Waals surface area contributed by atoms with Crippen LogP contribution in [0, 0.1) is 5.41 Å². The minimum absolute atomic E-state index is 0.387. The summed E-state index contributed by atoms with van der Waals surface area (Å²) in [5.41, 5.74) is 0.716. The van der Waals surface area contributed by atoms with E-state index in [1.54, 1.807) is 0 Å². The van der Waals surface area contributed by atoms with Crippen molar-refractivity contribution in [2.75, 3.05) is 19.6 Å². The lowest BCUT2D eigenvalue weighted by atomic mass is 9.82. The smallest absolute Gasteiger partial charge is 0.310 e. The summed E-state index contributed by atoms with van der Waals surface area (Å²) < 4.78 is 0. The highest BCUT2D eigenvalue weighted by molar-refractivity contribution is 5.74. The minimum atomic E-state index is -0.678. The number of benzene rings is 1. The predicted octanol–water partition coefficient (Wildman–Crippen LogP) is 3.30. The number of rotatable bonds is 8. The molecule has 1 aromatic rings. The number of nitrogens with one attached hydrogen (secondary N) is 1. The molecule has 1 saturated heterocycles. The van der Waals surface area contributed by atoms with Crippen molar-refractivity contribution in [3.8, 4) is 0 Å². The molecule has 23 heavy (non-hydrogen) atoms. The maximum absolute atomic E-state index is 11.6. The van der Waals surface area contributed by atoms with E-state index in [1.807, 2.05) is 19.9 Å². The van der Waals surface area contributed by atoms with E-state index in [0.717, 1.165) is 19.5 Å². The summed E-state index contributed by atoms with van der Waals surface area (Å²) in [5, 5.41) is 13.1. The number of likely N-dealkylation sites (tertiary alicyclic amines) is 1. The molecule has 0 radical (unpaired) electrons. The standard InChI is InChI=1S/C19H30N2O2/c1-4-19(5-2,18(22)23)14-20-17-11-12-21(13-17)15(3)16-9-7-6-8-10-16/h6-10,15,17,20H,4-5,11-14H2,1-3H3,(H,22,23). The van der Waals surface area contributed by atoms with Crippen LogP contribution in [0.1, 0.15) is 51.6 Å². The number of carboxylic acids is 1. The van der Waals surface area contributed by atoms with E-state index in [1.165, 1.54) is 5.56 Å². The summed E-state index contributed by atoms with van der Waals surface area (Å²) in [6.45, 7) is 8.80. The van der Waals surface area contributed by atoms with E-state index in [2.05, 4.69) is 41.4 Å². The lowest BCUT2D eigenvalue weighted by Gasteiger charge is -2.29. The molecule has 1 aliphatic heterocycles. The molecule has 2 atom stereocenters. The third-order valence-electron chi connectivity index (χ3n) is 5.59. The average molecular weight is 318 g/mol. The second-order valence-electron chi connectivity index (χ2n) is 6.74. The van der Waals surface area contributed by atoms with Crippen LogP contribution in [-0.4, -0.2) is 41.7 Å². The van der Waals surface area contributed by atoms with Crippen molar-refractivity contribution < 1.29 is 9.90 Å². The van der Waals surface area contributed by atoms with E-state index in [9.17, 15) is 9.90 Å². The summed E-state index contributed by atoms with van der Waals surface area (Å²) in [6.07, 6.45) is 2.42. The zero-order chi connectivity index (χ0) is 16.9. The van der Waals surface area contributed by atoms with Crippen molar-refractivity contribution >= 4 is 5.97 Å². The van der Waals surface area contributed by atoms with Crippen molar-refractivity contribution in [1.29, 1.82) is 0 Å². The highest BCUT2D eigenvalue weighted by Crippen LogP contribution is 2.28. The largest absolute Gasteiger partial charge is 0.481 e. The van der Waals surface area contributed by atoms with Crippen LogP contribution in [0.4, 0.5) is 0 Å². The molecule has 0 aromatic heterocycles. The van der Waals surface area contributed by atoms with Gasteiger partial charge in [-0.2, -0.15) is 0 Å². The molecular weight excluding hydrogens is 288 g/mol. The Kier molecular flexibility index (Phi) is 6.19. The Bertz CT molecular complexity index is 499. The van der Waals surface area contributed by atoms with Crippen molar-refractivity contribution in [3.63, 3.8) is 0 Å². The van der Waals surface area contributed by atoms with Gasteiger partial charge in [-0.1, -0.05) is 44.2 Å². The third kappa shape index (κ3) is 4.12. The highest BCUT2D eigenvalue weighted by Gasteiger charge is 2.36. The Morgan fingerprint density at radius 3 is 2.57 bits per heavy atom. The van der Waals surface area contributed by atoms with Gasteiger partial charge in [-0.3, -0.25) is 9.69 Å². The normalized spacial score (nSPS) is 20.6. The summed E-state index contributed by atoms with van der Waals surface area (Å²) in [7, 11) is 0. The summed E-state index contributed by atoms with van der Waals surface area (Å²) in [6, 6.07) is 11.4. The first-order chi connectivity index (χ1) is 11.0. The highest BCUT2D eigenvalue weighted by atomic mass is 16.4. The van der Waals surface area contributed by atoms with Gasteiger partial charge in [-0.15, -0.1) is 0 Å². The van der Waals surface area contributed by atoms with Crippen LogP contribution in [0.2, 0.25) is 0 Å². The van der Waals surface area contributed by atoms with E-state index in [4.69, 9.17) is 0 Å². The number of carboxylic acid groups (broad SMARTS) is 1.